The molecule has 2 saturated heterocycles. The molecule has 6 nitrogen and oxygen atoms in total. The van der Waals surface area contributed by atoms with Crippen LogP contribution in [0.5, 0.6) is 0 Å². The summed E-state index contributed by atoms with van der Waals surface area (Å²) < 4.78 is 5.27. The monoisotopic (exact) mass is 326 g/mol. The Balaban J connectivity index is 1.73. The minimum atomic E-state index is -0.450. The molecule has 0 aromatic carbocycles. The topological polar surface area (TPSA) is 70.8 Å². The molecule has 0 saturated carbocycles. The van der Waals surface area contributed by atoms with Crippen molar-refractivity contribution < 1.29 is 9.53 Å². The van der Waals surface area contributed by atoms with E-state index < -0.39 is 5.60 Å². The number of nitrogens with one attached hydrogen (secondary N) is 1. The van der Waals surface area contributed by atoms with E-state index in [0.717, 1.165) is 26.1 Å². The average molecular weight is 326 g/mol. The van der Waals surface area contributed by atoms with Crippen LogP contribution >= 0.6 is 0 Å². The fraction of sp³-hybridized carbons (Fsp3) is 0.941. The molecule has 0 aliphatic carbocycles. The van der Waals surface area contributed by atoms with Gasteiger partial charge in [-0.2, -0.15) is 0 Å². The lowest BCUT2D eigenvalue weighted by Gasteiger charge is -2.46. The van der Waals surface area contributed by atoms with Crippen LogP contribution in [-0.2, 0) is 4.74 Å². The van der Waals surface area contributed by atoms with E-state index in [0.29, 0.717) is 25.2 Å². The van der Waals surface area contributed by atoms with E-state index in [2.05, 4.69) is 15.1 Å². The van der Waals surface area contributed by atoms with Gasteiger partial charge < -0.3 is 15.8 Å². The van der Waals surface area contributed by atoms with Crippen LogP contribution < -0.4 is 11.1 Å². The molecule has 2 aliphatic heterocycles. The SMILES string of the molecule is CC(C)(C)OC(=O)NCCC(CN)N1CCN2CCCCC2C1. The molecule has 23 heavy (non-hydrogen) atoms. The summed E-state index contributed by atoms with van der Waals surface area (Å²) in [5.74, 6) is 0. The molecule has 0 spiro atoms. The number of piperazine rings is 1. The number of hydrogen-bond acceptors (Lipinski definition) is 5. The van der Waals surface area contributed by atoms with Gasteiger partial charge in [0.25, 0.3) is 0 Å². The van der Waals surface area contributed by atoms with Crippen LogP contribution in [0.3, 0.4) is 0 Å². The predicted octanol–water partition coefficient (Wildman–Crippen LogP) is 1.40. The maximum absolute atomic E-state index is 11.7. The van der Waals surface area contributed by atoms with E-state index >= 15 is 0 Å². The number of fused-ring (bicyclic) bond motifs is 1. The third-order valence-electron chi connectivity index (χ3n) is 4.80. The Hall–Kier alpha value is -0.850. The van der Waals surface area contributed by atoms with Gasteiger partial charge in [-0.1, -0.05) is 6.42 Å². The number of alkyl carbamates (subject to hydrolysis) is 1. The van der Waals surface area contributed by atoms with Crippen LogP contribution in [0.25, 0.3) is 0 Å². The lowest BCUT2D eigenvalue weighted by atomic mass is 9.98. The maximum Gasteiger partial charge on any atom is 0.407 e. The fourth-order valence-corrected chi connectivity index (χ4v) is 3.62. The summed E-state index contributed by atoms with van der Waals surface area (Å²) in [6.07, 6.45) is 4.54. The molecule has 2 aliphatic rings. The Morgan fingerprint density at radius 2 is 2.09 bits per heavy atom. The van der Waals surface area contributed by atoms with Gasteiger partial charge in [0.1, 0.15) is 5.60 Å². The molecule has 0 radical (unpaired) electrons. The summed E-state index contributed by atoms with van der Waals surface area (Å²) in [4.78, 5) is 16.9. The van der Waals surface area contributed by atoms with Gasteiger partial charge in [0.05, 0.1) is 0 Å². The molecular formula is C17H34N4O2. The van der Waals surface area contributed by atoms with E-state index in [9.17, 15) is 4.79 Å². The number of rotatable bonds is 5. The number of hydrogen-bond donors (Lipinski definition) is 2. The van der Waals surface area contributed by atoms with Gasteiger partial charge in [0.2, 0.25) is 0 Å². The van der Waals surface area contributed by atoms with Crippen LogP contribution in [0.15, 0.2) is 0 Å². The molecule has 134 valence electrons. The number of nitrogens with two attached hydrogens (primary N) is 1. The number of nitrogens with zero attached hydrogens (tertiary/aromatic N) is 2. The molecule has 2 atom stereocenters. The lowest BCUT2D eigenvalue weighted by molar-refractivity contribution is 0.0263. The van der Waals surface area contributed by atoms with Gasteiger partial charge in [-0.15, -0.1) is 0 Å². The second kappa shape index (κ2) is 8.31. The molecule has 2 fully saturated rings. The van der Waals surface area contributed by atoms with Crippen molar-refractivity contribution in [2.24, 2.45) is 5.73 Å². The Bertz CT molecular complexity index is 383. The van der Waals surface area contributed by atoms with Crippen molar-refractivity contribution in [2.45, 2.75) is 64.1 Å². The number of piperidine rings is 1. The Morgan fingerprint density at radius 3 is 2.78 bits per heavy atom. The van der Waals surface area contributed by atoms with Crippen LogP contribution in [0.1, 0.15) is 46.5 Å². The number of ether oxygens (including phenoxy) is 1. The van der Waals surface area contributed by atoms with E-state index in [1.807, 2.05) is 20.8 Å². The Morgan fingerprint density at radius 1 is 1.30 bits per heavy atom. The van der Waals surface area contributed by atoms with Crippen molar-refractivity contribution in [3.05, 3.63) is 0 Å². The van der Waals surface area contributed by atoms with Gasteiger partial charge in [-0.3, -0.25) is 9.80 Å². The standard InChI is InChI=1S/C17H34N4O2/c1-17(2,3)23-16(22)19-8-7-14(12-18)21-11-10-20-9-5-4-6-15(20)13-21/h14-15H,4-13,18H2,1-3H3,(H,19,22). The first-order valence-corrected chi connectivity index (χ1v) is 9.04. The van der Waals surface area contributed by atoms with Gasteiger partial charge >= 0.3 is 6.09 Å². The molecule has 0 aromatic heterocycles. The van der Waals surface area contributed by atoms with E-state index in [1.54, 1.807) is 0 Å². The van der Waals surface area contributed by atoms with E-state index in [-0.39, 0.29) is 6.09 Å². The minimum Gasteiger partial charge on any atom is -0.444 e. The summed E-state index contributed by atoms with van der Waals surface area (Å²) in [5.41, 5.74) is 5.54. The van der Waals surface area contributed by atoms with Crippen molar-refractivity contribution >= 4 is 6.09 Å². The zero-order chi connectivity index (χ0) is 16.9. The second-order valence-electron chi connectivity index (χ2n) is 7.79. The third kappa shape index (κ3) is 5.94. The van der Waals surface area contributed by atoms with Crippen molar-refractivity contribution in [2.75, 3.05) is 39.3 Å². The summed E-state index contributed by atoms with van der Waals surface area (Å²) >= 11 is 0. The summed E-state index contributed by atoms with van der Waals surface area (Å²) in [7, 11) is 0. The second-order valence-corrected chi connectivity index (χ2v) is 7.79. The van der Waals surface area contributed by atoms with E-state index in [4.69, 9.17) is 10.5 Å². The lowest BCUT2D eigenvalue weighted by Crippen LogP contribution is -2.58. The van der Waals surface area contributed by atoms with Gasteiger partial charge in [-0.05, 0) is 46.6 Å². The first-order chi connectivity index (χ1) is 10.9. The molecular weight excluding hydrogens is 292 g/mol. The summed E-state index contributed by atoms with van der Waals surface area (Å²) in [6, 6.07) is 1.04. The van der Waals surface area contributed by atoms with Gasteiger partial charge in [0.15, 0.2) is 0 Å². The van der Waals surface area contributed by atoms with Gasteiger partial charge in [-0.25, -0.2) is 4.79 Å². The number of carbonyl (C=O) groups is 1. The van der Waals surface area contributed by atoms with Crippen LogP contribution in [-0.4, -0.2) is 72.8 Å². The first-order valence-electron chi connectivity index (χ1n) is 9.04. The molecule has 2 heterocycles. The minimum absolute atomic E-state index is 0.342. The highest BCUT2D eigenvalue weighted by molar-refractivity contribution is 5.67. The highest BCUT2D eigenvalue weighted by Crippen LogP contribution is 2.22. The Labute approximate surface area is 140 Å². The first kappa shape index (κ1) is 18.5. The van der Waals surface area contributed by atoms with Crippen molar-refractivity contribution in [3.8, 4) is 0 Å². The number of carbonyl (C=O) groups excluding carboxylic acids is 1. The van der Waals surface area contributed by atoms with Crippen molar-refractivity contribution in [1.29, 1.82) is 0 Å². The molecule has 6 heteroatoms. The van der Waals surface area contributed by atoms with Crippen molar-refractivity contribution in [1.82, 2.24) is 15.1 Å². The average Bonchev–Trinajstić information content (AvgIpc) is 2.49. The zero-order valence-corrected chi connectivity index (χ0v) is 15.0. The van der Waals surface area contributed by atoms with E-state index in [1.165, 1.54) is 25.8 Å². The van der Waals surface area contributed by atoms with Crippen molar-refractivity contribution in [3.63, 3.8) is 0 Å². The van der Waals surface area contributed by atoms with Gasteiger partial charge in [0, 0.05) is 44.8 Å². The maximum atomic E-state index is 11.7. The molecule has 3 N–H and O–H groups in total. The fourth-order valence-electron chi connectivity index (χ4n) is 3.62. The largest absolute Gasteiger partial charge is 0.444 e. The Kier molecular flexibility index (Phi) is 6.68. The third-order valence-corrected chi connectivity index (χ3v) is 4.80. The van der Waals surface area contributed by atoms with Crippen LogP contribution in [0.2, 0.25) is 0 Å². The van der Waals surface area contributed by atoms with Crippen LogP contribution in [0.4, 0.5) is 4.79 Å². The zero-order valence-electron chi connectivity index (χ0n) is 15.0. The predicted molar refractivity (Wildman–Crippen MR) is 92.5 cm³/mol. The quantitative estimate of drug-likeness (QED) is 0.799. The molecule has 2 unspecified atom stereocenters. The summed E-state index contributed by atoms with van der Waals surface area (Å²) in [6.45, 7) is 11.5. The molecule has 0 bridgehead atoms. The highest BCUT2D eigenvalue weighted by atomic mass is 16.6. The highest BCUT2D eigenvalue weighted by Gasteiger charge is 2.31. The molecule has 1 amide bonds. The number of amides is 1. The normalized spacial score (nSPS) is 24.8. The molecule has 2 rings (SSSR count). The molecule has 0 aromatic rings. The van der Waals surface area contributed by atoms with Crippen LogP contribution in [0, 0.1) is 0 Å². The smallest absolute Gasteiger partial charge is 0.407 e. The summed E-state index contributed by atoms with van der Waals surface area (Å²) in [5, 5.41) is 2.85.